The van der Waals surface area contributed by atoms with Gasteiger partial charge in [0, 0.05) is 11.6 Å². The van der Waals surface area contributed by atoms with Crippen LogP contribution in [0.25, 0.3) is 11.3 Å². The molecule has 2 aromatic heterocycles. The third-order valence-electron chi connectivity index (χ3n) is 5.93. The number of carbonyl (C=O) groups is 1. The van der Waals surface area contributed by atoms with Crippen molar-refractivity contribution in [2.75, 3.05) is 4.72 Å². The number of hydrogen-bond acceptors (Lipinski definition) is 7. The minimum absolute atomic E-state index is 0.101. The molecule has 2 heterocycles. The van der Waals surface area contributed by atoms with Crippen LogP contribution in [0.15, 0.2) is 53.6 Å². The number of aromatic nitrogens is 2. The Bertz CT molecular complexity index is 1300. The van der Waals surface area contributed by atoms with Gasteiger partial charge in [-0.1, -0.05) is 35.9 Å². The molecule has 0 amide bonds. The lowest BCUT2D eigenvalue weighted by Gasteiger charge is -2.27. The Labute approximate surface area is 209 Å². The highest BCUT2D eigenvalue weighted by atomic mass is 35.5. The van der Waals surface area contributed by atoms with Crippen molar-refractivity contribution >= 4 is 33.9 Å². The summed E-state index contributed by atoms with van der Waals surface area (Å²) in [5, 5.41) is 0.241. The number of aryl methyl sites for hydroxylation is 2. The topological polar surface area (TPSA) is 107 Å². The smallest absolute Gasteiger partial charge is 0.293 e. The van der Waals surface area contributed by atoms with Crippen LogP contribution in [0.5, 0.6) is 5.88 Å². The van der Waals surface area contributed by atoms with Crippen molar-refractivity contribution in [1.29, 1.82) is 0 Å². The molecule has 0 unspecified atom stereocenters. The number of carbonyl (C=O) groups excluding carboxylic acids is 1. The van der Waals surface area contributed by atoms with E-state index in [9.17, 15) is 13.2 Å². The fraction of sp³-hybridized carbons (Fsp3) is 0.320. The molecule has 0 atom stereocenters. The third kappa shape index (κ3) is 5.91. The Morgan fingerprint density at radius 1 is 0.943 bits per heavy atom. The molecule has 1 fully saturated rings. The number of halogens is 1. The molecule has 10 heteroatoms. The van der Waals surface area contributed by atoms with Gasteiger partial charge in [-0.3, -0.25) is 9.52 Å². The number of nitrogens with one attached hydrogen (secondary N) is 1. The van der Waals surface area contributed by atoms with Crippen LogP contribution in [-0.4, -0.2) is 37.1 Å². The third-order valence-corrected chi connectivity index (χ3v) is 7.49. The van der Waals surface area contributed by atoms with Crippen LogP contribution in [0.3, 0.4) is 0 Å². The Hall–Kier alpha value is -3.17. The number of ether oxygens (including phenoxy) is 2. The molecule has 3 aromatic rings. The Morgan fingerprint density at radius 2 is 1.60 bits per heavy atom. The molecule has 184 valence electrons. The SMILES string of the molecule is Cc1cccc(C)c1-c1nc(NS(=O)(=O)c2cccc(OC3CCC(OC=O)CC3)n2)ccc1Cl. The summed E-state index contributed by atoms with van der Waals surface area (Å²) in [7, 11) is -4.03. The standard InChI is InChI=1S/C25H26ClN3O5S/c1-16-5-3-6-17(2)24(16)25-20(26)13-14-21(27-25)29-35(31,32)23-8-4-7-22(28-23)34-19-11-9-18(10-12-19)33-15-30/h3-8,13-15,18-19H,9-12H2,1-2H3,(H,27,29). The zero-order chi connectivity index (χ0) is 25.0. The molecule has 1 N–H and O–H groups in total. The summed E-state index contributed by atoms with van der Waals surface area (Å²) in [5.74, 6) is 0.349. The van der Waals surface area contributed by atoms with Crippen molar-refractivity contribution in [2.24, 2.45) is 0 Å². The minimum atomic E-state index is -4.03. The van der Waals surface area contributed by atoms with Crippen molar-refractivity contribution in [3.05, 3.63) is 64.7 Å². The van der Waals surface area contributed by atoms with Gasteiger partial charge in [0.05, 0.1) is 10.7 Å². The van der Waals surface area contributed by atoms with Gasteiger partial charge in [-0.05, 0) is 68.9 Å². The molecule has 0 radical (unpaired) electrons. The highest BCUT2D eigenvalue weighted by molar-refractivity contribution is 7.92. The zero-order valence-corrected chi connectivity index (χ0v) is 21.0. The fourth-order valence-electron chi connectivity index (χ4n) is 4.20. The van der Waals surface area contributed by atoms with E-state index in [1.54, 1.807) is 18.2 Å². The van der Waals surface area contributed by atoms with Gasteiger partial charge in [-0.15, -0.1) is 0 Å². The number of hydrogen-bond donors (Lipinski definition) is 1. The summed E-state index contributed by atoms with van der Waals surface area (Å²) >= 11 is 6.41. The van der Waals surface area contributed by atoms with E-state index in [4.69, 9.17) is 21.1 Å². The highest BCUT2D eigenvalue weighted by Gasteiger charge is 2.25. The fourth-order valence-corrected chi connectivity index (χ4v) is 5.36. The van der Waals surface area contributed by atoms with Gasteiger partial charge in [0.25, 0.3) is 16.5 Å². The van der Waals surface area contributed by atoms with E-state index in [-0.39, 0.29) is 28.9 Å². The molecule has 1 saturated carbocycles. The van der Waals surface area contributed by atoms with E-state index < -0.39 is 10.0 Å². The lowest BCUT2D eigenvalue weighted by atomic mass is 9.95. The monoisotopic (exact) mass is 515 g/mol. The average molecular weight is 516 g/mol. The second kappa shape index (κ2) is 10.6. The number of pyridine rings is 2. The van der Waals surface area contributed by atoms with Gasteiger partial charge in [0.1, 0.15) is 18.0 Å². The predicted octanol–water partition coefficient (Wildman–Crippen LogP) is 5.08. The molecule has 8 nitrogen and oxygen atoms in total. The van der Waals surface area contributed by atoms with Crippen molar-refractivity contribution in [1.82, 2.24) is 9.97 Å². The van der Waals surface area contributed by atoms with Crippen LogP contribution in [0.4, 0.5) is 5.82 Å². The highest BCUT2D eigenvalue weighted by Crippen LogP contribution is 2.33. The summed E-state index contributed by atoms with van der Waals surface area (Å²) in [6.07, 6.45) is 2.52. The van der Waals surface area contributed by atoms with Crippen LogP contribution in [-0.2, 0) is 19.6 Å². The number of benzene rings is 1. The first kappa shape index (κ1) is 24.9. The molecule has 1 aliphatic carbocycles. The average Bonchev–Trinajstić information content (AvgIpc) is 2.82. The summed E-state index contributed by atoms with van der Waals surface area (Å²) in [6, 6.07) is 13.6. The number of sulfonamides is 1. The second-order valence-electron chi connectivity index (χ2n) is 8.46. The lowest BCUT2D eigenvalue weighted by molar-refractivity contribution is -0.135. The molecule has 4 rings (SSSR count). The molecule has 0 bridgehead atoms. The molecule has 1 aromatic carbocycles. The summed E-state index contributed by atoms with van der Waals surface area (Å²) < 4.78 is 39.6. The van der Waals surface area contributed by atoms with E-state index in [1.807, 2.05) is 32.0 Å². The zero-order valence-electron chi connectivity index (χ0n) is 19.4. The molecule has 0 spiro atoms. The van der Waals surface area contributed by atoms with E-state index in [0.29, 0.717) is 42.9 Å². The molecule has 1 aliphatic rings. The molecule has 0 saturated heterocycles. The van der Waals surface area contributed by atoms with Crippen LogP contribution in [0, 0.1) is 13.8 Å². The Kier molecular flexibility index (Phi) is 7.57. The lowest BCUT2D eigenvalue weighted by Crippen LogP contribution is -2.28. The number of anilines is 1. The maximum atomic E-state index is 13.1. The maximum absolute atomic E-state index is 13.1. The summed E-state index contributed by atoms with van der Waals surface area (Å²) in [6.45, 7) is 4.37. The first-order valence-corrected chi connectivity index (χ1v) is 13.1. The quantitative estimate of drug-likeness (QED) is 0.417. The summed E-state index contributed by atoms with van der Waals surface area (Å²) in [4.78, 5) is 19.2. The van der Waals surface area contributed by atoms with Gasteiger partial charge in [0.15, 0.2) is 5.03 Å². The summed E-state index contributed by atoms with van der Waals surface area (Å²) in [5.41, 5.74) is 3.33. The molecular weight excluding hydrogens is 490 g/mol. The molecule has 35 heavy (non-hydrogen) atoms. The first-order chi connectivity index (χ1) is 16.8. The second-order valence-corrected chi connectivity index (χ2v) is 10.5. The van der Waals surface area contributed by atoms with Gasteiger partial charge in [-0.25, -0.2) is 4.98 Å². The van der Waals surface area contributed by atoms with Crippen molar-refractivity contribution in [3.63, 3.8) is 0 Å². The van der Waals surface area contributed by atoms with Crippen LogP contribution >= 0.6 is 11.6 Å². The Balaban J connectivity index is 1.52. The van der Waals surface area contributed by atoms with Crippen molar-refractivity contribution < 1.29 is 22.7 Å². The van der Waals surface area contributed by atoms with Gasteiger partial charge in [-0.2, -0.15) is 13.4 Å². The largest absolute Gasteiger partial charge is 0.474 e. The van der Waals surface area contributed by atoms with Gasteiger partial charge < -0.3 is 9.47 Å². The number of rotatable bonds is 8. The predicted molar refractivity (Wildman–Crippen MR) is 133 cm³/mol. The van der Waals surface area contributed by atoms with E-state index in [2.05, 4.69) is 14.7 Å². The van der Waals surface area contributed by atoms with Gasteiger partial charge >= 0.3 is 0 Å². The number of nitrogens with zero attached hydrogens (tertiary/aromatic N) is 2. The minimum Gasteiger partial charge on any atom is -0.474 e. The van der Waals surface area contributed by atoms with Crippen LogP contribution < -0.4 is 9.46 Å². The normalized spacial score (nSPS) is 18.0. The van der Waals surface area contributed by atoms with Crippen molar-refractivity contribution in [2.45, 2.75) is 56.8 Å². The van der Waals surface area contributed by atoms with E-state index in [1.165, 1.54) is 12.1 Å². The Morgan fingerprint density at radius 3 is 2.29 bits per heavy atom. The molecular formula is C25H26ClN3O5S. The van der Waals surface area contributed by atoms with Crippen LogP contribution in [0.2, 0.25) is 5.02 Å². The molecule has 0 aliphatic heterocycles. The van der Waals surface area contributed by atoms with Crippen LogP contribution in [0.1, 0.15) is 36.8 Å². The van der Waals surface area contributed by atoms with E-state index in [0.717, 1.165) is 16.7 Å². The van der Waals surface area contributed by atoms with E-state index >= 15 is 0 Å². The van der Waals surface area contributed by atoms with Crippen molar-refractivity contribution in [3.8, 4) is 17.1 Å². The maximum Gasteiger partial charge on any atom is 0.293 e. The van der Waals surface area contributed by atoms with Gasteiger partial charge in [0.2, 0.25) is 5.88 Å². The first-order valence-electron chi connectivity index (χ1n) is 11.3.